The monoisotopic (exact) mass is 588 g/mol. The van der Waals surface area contributed by atoms with E-state index in [1.165, 1.54) is 0 Å². The summed E-state index contributed by atoms with van der Waals surface area (Å²) < 4.78 is 69.9. The van der Waals surface area contributed by atoms with Crippen LogP contribution in [-0.4, -0.2) is 77.1 Å². The molecule has 1 aliphatic rings. The van der Waals surface area contributed by atoms with Crippen LogP contribution in [0.3, 0.4) is 0 Å². The highest BCUT2D eigenvalue weighted by Crippen LogP contribution is 2.41. The van der Waals surface area contributed by atoms with Crippen molar-refractivity contribution >= 4 is 59.5 Å². The lowest BCUT2D eigenvalue weighted by atomic mass is 9.71. The summed E-state index contributed by atoms with van der Waals surface area (Å²) in [6.07, 6.45) is 3.83. The molecule has 33 heavy (non-hydrogen) atoms. The smallest absolute Gasteiger partial charge is 0.255 e. The van der Waals surface area contributed by atoms with E-state index in [4.69, 9.17) is 0 Å². The standard InChI is InChI=1S/C15H30N3O9S6/c1-16(19)31(22,23)28-9-6-13-4-5-14(7-10-29-32(24,25)17(2)20)15(12-13)8-11-30-33(26,27)18(3)21/h13-15H,4-12H2,1-3H3/q-3. The van der Waals surface area contributed by atoms with Crippen LogP contribution < -0.4 is 0 Å². The van der Waals surface area contributed by atoms with Crippen molar-refractivity contribution in [1.29, 1.82) is 0 Å². The Morgan fingerprint density at radius 2 is 1.00 bits per heavy atom. The molecule has 3 unspecified atom stereocenters. The third-order valence-corrected chi connectivity index (χ3v) is 15.5. The second-order valence-electron chi connectivity index (χ2n) is 7.63. The highest BCUT2D eigenvalue weighted by molar-refractivity contribution is 8.71. The first-order valence-electron chi connectivity index (χ1n) is 9.99. The van der Waals surface area contributed by atoms with Crippen molar-refractivity contribution in [2.45, 2.75) is 38.5 Å². The molecule has 0 amide bonds. The molecule has 0 heterocycles. The van der Waals surface area contributed by atoms with Crippen LogP contribution in [-0.2, 0) is 27.2 Å². The lowest BCUT2D eigenvalue weighted by Crippen LogP contribution is -2.27. The zero-order valence-corrected chi connectivity index (χ0v) is 23.5. The van der Waals surface area contributed by atoms with Gasteiger partial charge in [-0.15, -0.1) is 0 Å². The first-order valence-corrected chi connectivity index (χ1v) is 18.8. The van der Waals surface area contributed by atoms with E-state index >= 15 is 0 Å². The van der Waals surface area contributed by atoms with Crippen molar-refractivity contribution in [2.75, 3.05) is 38.4 Å². The van der Waals surface area contributed by atoms with Gasteiger partial charge in [0.2, 0.25) is 0 Å². The Morgan fingerprint density at radius 3 is 1.39 bits per heavy atom. The Balaban J connectivity index is 2.71. The molecule has 0 radical (unpaired) electrons. The Labute approximate surface area is 207 Å². The van der Waals surface area contributed by atoms with Crippen LogP contribution in [0.2, 0.25) is 0 Å². The van der Waals surface area contributed by atoms with Gasteiger partial charge in [0.15, 0.2) is 0 Å². The van der Waals surface area contributed by atoms with Crippen molar-refractivity contribution in [3.63, 3.8) is 0 Å². The van der Waals surface area contributed by atoms with E-state index in [-0.39, 0.29) is 48.4 Å². The zero-order valence-electron chi connectivity index (χ0n) is 18.6. The number of hydroxylamine groups is 3. The van der Waals surface area contributed by atoms with Crippen molar-refractivity contribution in [3.05, 3.63) is 15.6 Å². The molecule has 198 valence electrons. The Kier molecular flexibility index (Phi) is 13.3. The summed E-state index contributed by atoms with van der Waals surface area (Å²) in [5, 5.41) is 33.3. The van der Waals surface area contributed by atoms with Crippen molar-refractivity contribution in [2.24, 2.45) is 17.8 Å². The van der Waals surface area contributed by atoms with Crippen molar-refractivity contribution in [1.82, 2.24) is 13.4 Å². The maximum Gasteiger partial charge on any atom is 0.255 e. The van der Waals surface area contributed by atoms with E-state index in [1.54, 1.807) is 0 Å². The fourth-order valence-electron chi connectivity index (χ4n) is 3.57. The molecule has 0 bridgehead atoms. The fraction of sp³-hybridized carbons (Fsp3) is 1.00. The Morgan fingerprint density at radius 1 is 0.636 bits per heavy atom. The molecule has 1 saturated carbocycles. The second-order valence-corrected chi connectivity index (χ2v) is 19.6. The van der Waals surface area contributed by atoms with E-state index in [1.807, 2.05) is 0 Å². The molecule has 1 rings (SSSR count). The minimum Gasteiger partial charge on any atom is -0.772 e. The predicted octanol–water partition coefficient (Wildman–Crippen LogP) is 2.41. The SMILES string of the molecule is CN([O-])S(=O)(=O)SCCC1CCC(CCSS(=O)(=O)N(C)[O-])C(CCSS(=O)(=O)N(C)[O-])C1. The van der Waals surface area contributed by atoms with Crippen molar-refractivity contribution in [3.8, 4) is 0 Å². The van der Waals surface area contributed by atoms with Gasteiger partial charge in [-0.05, 0) is 103 Å². The minimum atomic E-state index is -3.95. The number of hydrogen-bond acceptors (Lipinski definition) is 12. The summed E-state index contributed by atoms with van der Waals surface area (Å²) in [6.45, 7) is 0. The van der Waals surface area contributed by atoms with E-state index < -0.39 is 27.2 Å². The van der Waals surface area contributed by atoms with Crippen LogP contribution in [0.1, 0.15) is 38.5 Å². The Bertz CT molecular complexity index is 909. The molecule has 0 aromatic rings. The number of rotatable bonds is 15. The molecule has 3 atom stereocenters. The summed E-state index contributed by atoms with van der Waals surface area (Å²) in [5.41, 5.74) is 0. The molecule has 0 aromatic heterocycles. The third kappa shape index (κ3) is 11.1. The van der Waals surface area contributed by atoms with Crippen LogP contribution >= 0.6 is 32.4 Å². The second kappa shape index (κ2) is 13.8. The molecular weight excluding hydrogens is 559 g/mol. The van der Waals surface area contributed by atoms with Crippen LogP contribution in [0, 0.1) is 33.4 Å². The van der Waals surface area contributed by atoms with Gasteiger partial charge in [-0.25, -0.2) is 25.3 Å². The van der Waals surface area contributed by atoms with Gasteiger partial charge in [-0.3, -0.25) is 13.4 Å². The van der Waals surface area contributed by atoms with E-state index in [2.05, 4.69) is 0 Å². The molecule has 12 nitrogen and oxygen atoms in total. The summed E-state index contributed by atoms with van der Waals surface area (Å²) in [6, 6.07) is 0. The maximum atomic E-state index is 11.7. The molecule has 0 spiro atoms. The first kappa shape index (κ1) is 31.7. The van der Waals surface area contributed by atoms with E-state index in [0.29, 0.717) is 58.1 Å². The molecule has 1 aliphatic carbocycles. The molecular formula is C15H30N3O9S6-3. The summed E-state index contributed by atoms with van der Waals surface area (Å²) in [4.78, 5) is 0. The molecule has 1 fully saturated rings. The van der Waals surface area contributed by atoms with Gasteiger partial charge in [0, 0.05) is 17.3 Å². The zero-order chi connectivity index (χ0) is 25.4. The first-order chi connectivity index (χ1) is 15.1. The lowest BCUT2D eigenvalue weighted by Gasteiger charge is -2.37. The molecule has 0 aromatic carbocycles. The average Bonchev–Trinajstić information content (AvgIpc) is 2.68. The highest BCUT2D eigenvalue weighted by atomic mass is 33.2. The molecule has 0 aliphatic heterocycles. The molecule has 0 N–H and O–H groups in total. The van der Waals surface area contributed by atoms with Gasteiger partial charge in [0.05, 0.1) is 0 Å². The van der Waals surface area contributed by atoms with Gasteiger partial charge in [-0.1, -0.05) is 6.42 Å². The Hall–Kier alpha value is 0.660. The summed E-state index contributed by atoms with van der Waals surface area (Å²) >= 11 is 0. The maximum absolute atomic E-state index is 11.7. The van der Waals surface area contributed by atoms with Gasteiger partial charge >= 0.3 is 0 Å². The highest BCUT2D eigenvalue weighted by Gasteiger charge is 2.31. The number of nitrogens with zero attached hydrogens (tertiary/aromatic N) is 3. The van der Waals surface area contributed by atoms with Gasteiger partial charge in [0.25, 0.3) is 27.2 Å². The molecule has 0 saturated heterocycles. The van der Waals surface area contributed by atoms with Gasteiger partial charge in [-0.2, -0.15) is 0 Å². The normalized spacial score (nSPS) is 23.0. The van der Waals surface area contributed by atoms with Gasteiger partial charge < -0.3 is 15.6 Å². The average molecular weight is 589 g/mol. The van der Waals surface area contributed by atoms with Crippen molar-refractivity contribution < 1.29 is 25.3 Å². The van der Waals surface area contributed by atoms with Crippen LogP contribution in [0.5, 0.6) is 0 Å². The lowest BCUT2D eigenvalue weighted by molar-refractivity contribution is 0.169. The van der Waals surface area contributed by atoms with Crippen LogP contribution in [0.15, 0.2) is 0 Å². The van der Waals surface area contributed by atoms with Crippen LogP contribution in [0.4, 0.5) is 0 Å². The van der Waals surface area contributed by atoms with Crippen LogP contribution in [0.25, 0.3) is 0 Å². The quantitative estimate of drug-likeness (QED) is 0.201. The van der Waals surface area contributed by atoms with E-state index in [9.17, 15) is 40.9 Å². The minimum absolute atomic E-state index is 0.0560. The fourth-order valence-corrected chi connectivity index (χ4v) is 9.97. The summed E-state index contributed by atoms with van der Waals surface area (Å²) in [5.74, 6) is 1.02. The summed E-state index contributed by atoms with van der Waals surface area (Å²) in [7, 11) is -7.30. The third-order valence-electron chi connectivity index (χ3n) is 5.39. The van der Waals surface area contributed by atoms with E-state index in [0.717, 1.165) is 34.0 Å². The largest absolute Gasteiger partial charge is 0.772 e. The topological polar surface area (TPSA) is 181 Å². The van der Waals surface area contributed by atoms with Gasteiger partial charge in [0.1, 0.15) is 0 Å². The molecule has 18 heteroatoms. The predicted molar refractivity (Wildman–Crippen MR) is 136 cm³/mol. The number of hydrogen-bond donors (Lipinski definition) is 0.